The average Bonchev–Trinajstić information content (AvgIpc) is 2.90. The quantitative estimate of drug-likeness (QED) is 0.792. The number of hydrogen-bond donors (Lipinski definition) is 2. The van der Waals surface area contributed by atoms with E-state index in [-0.39, 0.29) is 5.91 Å². The van der Waals surface area contributed by atoms with Crippen molar-refractivity contribution in [2.24, 2.45) is 0 Å². The number of carbonyl (C=O) groups is 2. The first-order chi connectivity index (χ1) is 9.45. The van der Waals surface area contributed by atoms with Gasteiger partial charge >= 0.3 is 0 Å². The van der Waals surface area contributed by atoms with Crippen LogP contribution >= 0.6 is 0 Å². The Labute approximate surface area is 114 Å². The highest BCUT2D eigenvalue weighted by molar-refractivity contribution is 5.98. The van der Waals surface area contributed by atoms with Crippen LogP contribution in [0.25, 0.3) is 0 Å². The second-order valence-corrected chi connectivity index (χ2v) is 4.63. The molecule has 0 saturated carbocycles. The lowest BCUT2D eigenvalue weighted by Gasteiger charge is -2.23. The summed E-state index contributed by atoms with van der Waals surface area (Å²) in [6.07, 6.45) is 1.13. The molecule has 3 N–H and O–H groups in total. The van der Waals surface area contributed by atoms with Crippen LogP contribution in [0.3, 0.4) is 0 Å². The van der Waals surface area contributed by atoms with E-state index in [0.29, 0.717) is 19.4 Å². The van der Waals surface area contributed by atoms with Gasteiger partial charge in [-0.15, -0.1) is 0 Å². The van der Waals surface area contributed by atoms with Gasteiger partial charge in [-0.1, -0.05) is 0 Å². The van der Waals surface area contributed by atoms with Crippen LogP contribution in [-0.2, 0) is 4.79 Å². The first kappa shape index (κ1) is 14.2. The molecule has 20 heavy (non-hydrogen) atoms. The maximum Gasteiger partial charge on any atom is 0.257 e. The fourth-order valence-corrected chi connectivity index (χ4v) is 2.37. The van der Waals surface area contributed by atoms with Crippen molar-refractivity contribution >= 4 is 17.5 Å². The Balaban J connectivity index is 2.34. The number of anilines is 1. The fourth-order valence-electron chi connectivity index (χ4n) is 2.37. The third-order valence-electron chi connectivity index (χ3n) is 3.36. The molecule has 0 spiro atoms. The maximum absolute atomic E-state index is 13.9. The molecule has 1 aromatic carbocycles. The highest BCUT2D eigenvalue weighted by atomic mass is 19.1. The molecule has 2 amide bonds. The van der Waals surface area contributed by atoms with E-state index in [0.717, 1.165) is 12.1 Å². The minimum Gasteiger partial charge on any atom is -0.396 e. The number of carbonyl (C=O) groups excluding carboxylic acids is 2. The molecule has 0 aliphatic carbocycles. The van der Waals surface area contributed by atoms with E-state index in [1.54, 1.807) is 0 Å². The molecule has 0 radical (unpaired) electrons. The highest BCUT2D eigenvalue weighted by Gasteiger charge is 2.35. The predicted octanol–water partition coefficient (Wildman–Crippen LogP) is 0.898. The summed E-state index contributed by atoms with van der Waals surface area (Å²) in [6, 6.07) is 0.955. The molecule has 0 bridgehead atoms. The van der Waals surface area contributed by atoms with Crippen LogP contribution in [-0.4, -0.2) is 36.3 Å². The molecule has 1 aliphatic rings. The van der Waals surface area contributed by atoms with E-state index in [9.17, 15) is 18.4 Å². The Hall–Kier alpha value is -2.18. The second kappa shape index (κ2) is 5.44. The Morgan fingerprint density at radius 1 is 1.40 bits per heavy atom. The summed E-state index contributed by atoms with van der Waals surface area (Å²) in [5.41, 5.74) is 4.44. The van der Waals surface area contributed by atoms with Crippen molar-refractivity contribution in [3.05, 3.63) is 29.3 Å². The van der Waals surface area contributed by atoms with Gasteiger partial charge in [-0.3, -0.25) is 9.59 Å². The van der Waals surface area contributed by atoms with E-state index >= 15 is 0 Å². The standard InChI is InChI=1S/C13H15F2N3O2/c1-17-12(19)10-3-2-4-18(10)13(20)8-5-7(14)6-9(16)11(8)15/h5-6,10H,2-4,16H2,1H3,(H,17,19). The van der Waals surface area contributed by atoms with Gasteiger partial charge in [0.25, 0.3) is 5.91 Å². The van der Waals surface area contributed by atoms with Crippen molar-refractivity contribution in [2.45, 2.75) is 18.9 Å². The number of nitrogen functional groups attached to an aromatic ring is 1. The number of nitrogens with two attached hydrogens (primary N) is 1. The fraction of sp³-hybridized carbons (Fsp3) is 0.385. The van der Waals surface area contributed by atoms with E-state index in [4.69, 9.17) is 5.73 Å². The van der Waals surface area contributed by atoms with Crippen LogP contribution in [0.5, 0.6) is 0 Å². The van der Waals surface area contributed by atoms with Gasteiger partial charge in [-0.05, 0) is 25.0 Å². The van der Waals surface area contributed by atoms with Gasteiger partial charge in [-0.25, -0.2) is 8.78 Å². The van der Waals surface area contributed by atoms with Crippen LogP contribution in [0.15, 0.2) is 12.1 Å². The number of nitrogens with one attached hydrogen (secondary N) is 1. The number of rotatable bonds is 2. The SMILES string of the molecule is CNC(=O)C1CCCN1C(=O)c1cc(F)cc(N)c1F. The van der Waals surface area contributed by atoms with Gasteiger partial charge < -0.3 is 16.0 Å². The van der Waals surface area contributed by atoms with Gasteiger partial charge in [0, 0.05) is 13.6 Å². The molecule has 1 saturated heterocycles. The minimum absolute atomic E-state index is 0.319. The van der Waals surface area contributed by atoms with Crippen molar-refractivity contribution in [1.82, 2.24) is 10.2 Å². The van der Waals surface area contributed by atoms with Gasteiger partial charge in [0.1, 0.15) is 11.9 Å². The summed E-state index contributed by atoms with van der Waals surface area (Å²) in [5, 5.41) is 2.46. The molecule has 1 aliphatic heterocycles. The summed E-state index contributed by atoms with van der Waals surface area (Å²) >= 11 is 0. The first-order valence-electron chi connectivity index (χ1n) is 6.22. The Kier molecular flexibility index (Phi) is 3.87. The maximum atomic E-state index is 13.9. The van der Waals surface area contributed by atoms with E-state index in [1.165, 1.54) is 11.9 Å². The topological polar surface area (TPSA) is 75.4 Å². The monoisotopic (exact) mass is 283 g/mol. The Morgan fingerprint density at radius 3 is 2.75 bits per heavy atom. The summed E-state index contributed by atoms with van der Waals surface area (Å²) < 4.78 is 27.1. The predicted molar refractivity (Wildman–Crippen MR) is 68.9 cm³/mol. The minimum atomic E-state index is -0.959. The molecule has 0 aromatic heterocycles. The highest BCUT2D eigenvalue weighted by Crippen LogP contribution is 2.24. The molecule has 1 aromatic rings. The number of nitrogens with zero attached hydrogens (tertiary/aromatic N) is 1. The van der Waals surface area contributed by atoms with Crippen LogP contribution in [0, 0.1) is 11.6 Å². The third kappa shape index (κ3) is 2.43. The lowest BCUT2D eigenvalue weighted by molar-refractivity contribution is -0.124. The van der Waals surface area contributed by atoms with Gasteiger partial charge in [0.2, 0.25) is 5.91 Å². The van der Waals surface area contributed by atoms with Crippen molar-refractivity contribution in [2.75, 3.05) is 19.3 Å². The average molecular weight is 283 g/mol. The smallest absolute Gasteiger partial charge is 0.257 e. The summed E-state index contributed by atoms with van der Waals surface area (Å²) in [5.74, 6) is -2.79. The third-order valence-corrected chi connectivity index (χ3v) is 3.36. The zero-order valence-corrected chi connectivity index (χ0v) is 11.0. The molecule has 1 unspecified atom stereocenters. The lowest BCUT2D eigenvalue weighted by atomic mass is 10.1. The zero-order chi connectivity index (χ0) is 14.9. The molecule has 7 heteroatoms. The molecular formula is C13H15F2N3O2. The Bertz CT molecular complexity index is 563. The lowest BCUT2D eigenvalue weighted by Crippen LogP contribution is -2.45. The van der Waals surface area contributed by atoms with Crippen molar-refractivity contribution < 1.29 is 18.4 Å². The molecule has 1 atom stereocenters. The molecule has 2 rings (SSSR count). The van der Waals surface area contributed by atoms with Gasteiger partial charge in [0.05, 0.1) is 11.3 Å². The molecular weight excluding hydrogens is 268 g/mol. The molecule has 1 fully saturated rings. The molecule has 5 nitrogen and oxygen atoms in total. The number of hydrogen-bond acceptors (Lipinski definition) is 3. The molecule has 108 valence electrons. The van der Waals surface area contributed by atoms with Crippen LogP contribution in [0.2, 0.25) is 0 Å². The van der Waals surface area contributed by atoms with E-state index < -0.39 is 34.8 Å². The normalized spacial score (nSPS) is 18.1. The Morgan fingerprint density at radius 2 is 2.10 bits per heavy atom. The summed E-state index contributed by atoms with van der Waals surface area (Å²) in [6.45, 7) is 0.326. The van der Waals surface area contributed by atoms with Crippen LogP contribution in [0.4, 0.5) is 14.5 Å². The largest absolute Gasteiger partial charge is 0.396 e. The van der Waals surface area contributed by atoms with Crippen LogP contribution < -0.4 is 11.1 Å². The van der Waals surface area contributed by atoms with Gasteiger partial charge in [0.15, 0.2) is 5.82 Å². The number of benzene rings is 1. The van der Waals surface area contributed by atoms with Crippen LogP contribution in [0.1, 0.15) is 23.2 Å². The summed E-state index contributed by atoms with van der Waals surface area (Å²) in [7, 11) is 1.46. The van der Waals surface area contributed by atoms with E-state index in [2.05, 4.69) is 5.32 Å². The second-order valence-electron chi connectivity index (χ2n) is 4.63. The van der Waals surface area contributed by atoms with E-state index in [1.807, 2.05) is 0 Å². The first-order valence-corrected chi connectivity index (χ1v) is 6.22. The number of likely N-dealkylation sites (N-methyl/N-ethyl adjacent to an activating group) is 1. The number of halogens is 2. The van der Waals surface area contributed by atoms with Gasteiger partial charge in [-0.2, -0.15) is 0 Å². The van der Waals surface area contributed by atoms with Crippen molar-refractivity contribution in [3.8, 4) is 0 Å². The zero-order valence-electron chi connectivity index (χ0n) is 11.0. The van der Waals surface area contributed by atoms with Crippen molar-refractivity contribution in [1.29, 1.82) is 0 Å². The number of amides is 2. The van der Waals surface area contributed by atoms with Crippen molar-refractivity contribution in [3.63, 3.8) is 0 Å². The summed E-state index contributed by atoms with van der Waals surface area (Å²) in [4.78, 5) is 25.2. The number of likely N-dealkylation sites (tertiary alicyclic amines) is 1. The molecule has 1 heterocycles.